The summed E-state index contributed by atoms with van der Waals surface area (Å²) < 4.78 is 11.7. The maximum atomic E-state index is 11.2. The fourth-order valence-corrected chi connectivity index (χ4v) is 4.17. The molecule has 2 N–H and O–H groups in total. The van der Waals surface area contributed by atoms with E-state index in [1.54, 1.807) is 12.6 Å². The molecule has 3 rings (SSSR count). The van der Waals surface area contributed by atoms with Crippen LogP contribution in [0.5, 0.6) is 11.5 Å². The Morgan fingerprint density at radius 1 is 1.32 bits per heavy atom. The van der Waals surface area contributed by atoms with Crippen molar-refractivity contribution >= 4 is 5.91 Å². The summed E-state index contributed by atoms with van der Waals surface area (Å²) in [6.45, 7) is 9.95. The third-order valence-electron chi connectivity index (χ3n) is 5.97. The number of benzene rings is 1. The maximum Gasteiger partial charge on any atom is 0.260 e. The van der Waals surface area contributed by atoms with Gasteiger partial charge < -0.3 is 19.2 Å². The molecule has 1 saturated heterocycles. The number of nitrogens with zero attached hydrogens (tertiary/aromatic N) is 2. The summed E-state index contributed by atoms with van der Waals surface area (Å²) >= 11 is 0. The van der Waals surface area contributed by atoms with Gasteiger partial charge in [-0.05, 0) is 43.9 Å². The lowest BCUT2D eigenvalue weighted by molar-refractivity contribution is -0.129. The molecule has 28 heavy (non-hydrogen) atoms. The largest absolute Gasteiger partial charge is 0.493 e. The number of hydrogen-bond acceptors (Lipinski definition) is 5. The van der Waals surface area contributed by atoms with E-state index in [0.717, 1.165) is 37.2 Å². The Morgan fingerprint density at radius 3 is 2.64 bits per heavy atom. The minimum absolute atomic E-state index is 0.229. The van der Waals surface area contributed by atoms with Crippen LogP contribution in [-0.4, -0.2) is 48.9 Å². The standard InChI is InChI=1S/C21H29N3O4/c1-22-21(10-13-24(14-11-21)12-9-20(25)23-26)16-7-8-18(27-2)19(15-16)28-17-5-3-4-6-17/h7-8,15,17,26H,3-6,9-14H2,2H3,(H,23,25). The lowest BCUT2D eigenvalue weighted by Crippen LogP contribution is -2.42. The van der Waals surface area contributed by atoms with Crippen LogP contribution in [-0.2, 0) is 10.3 Å². The van der Waals surface area contributed by atoms with E-state index >= 15 is 0 Å². The zero-order valence-corrected chi connectivity index (χ0v) is 16.4. The van der Waals surface area contributed by atoms with E-state index in [-0.39, 0.29) is 18.4 Å². The number of likely N-dealkylation sites (tertiary alicyclic amines) is 1. The molecule has 0 spiro atoms. The van der Waals surface area contributed by atoms with Crippen molar-refractivity contribution in [3.05, 3.63) is 35.2 Å². The molecule has 1 aliphatic heterocycles. The fourth-order valence-electron chi connectivity index (χ4n) is 4.17. The number of nitrogens with one attached hydrogen (secondary N) is 1. The summed E-state index contributed by atoms with van der Waals surface area (Å²) in [7, 11) is 1.64. The zero-order valence-electron chi connectivity index (χ0n) is 16.4. The molecule has 2 fully saturated rings. The highest BCUT2D eigenvalue weighted by Crippen LogP contribution is 2.41. The smallest absolute Gasteiger partial charge is 0.260 e. The third-order valence-corrected chi connectivity index (χ3v) is 5.97. The van der Waals surface area contributed by atoms with Crippen molar-refractivity contribution in [1.82, 2.24) is 10.4 Å². The molecular weight excluding hydrogens is 358 g/mol. The normalized spacial score (nSPS) is 19.8. The Labute approximate surface area is 166 Å². The second kappa shape index (κ2) is 9.26. The van der Waals surface area contributed by atoms with E-state index in [2.05, 4.69) is 9.74 Å². The Hall–Kier alpha value is -2.30. The van der Waals surface area contributed by atoms with E-state index in [1.165, 1.54) is 12.8 Å². The minimum Gasteiger partial charge on any atom is -0.493 e. The molecule has 1 aromatic rings. The molecule has 0 aromatic heterocycles. The van der Waals surface area contributed by atoms with Gasteiger partial charge in [0.25, 0.3) is 5.54 Å². The van der Waals surface area contributed by atoms with Gasteiger partial charge in [0, 0.05) is 44.5 Å². The molecular formula is C21H29N3O4. The van der Waals surface area contributed by atoms with Gasteiger partial charge in [-0.25, -0.2) is 12.1 Å². The summed E-state index contributed by atoms with van der Waals surface area (Å²) in [4.78, 5) is 17.4. The number of carbonyl (C=O) groups excluding carboxylic acids is 1. The lowest BCUT2D eigenvalue weighted by atomic mass is 9.81. The van der Waals surface area contributed by atoms with Gasteiger partial charge in [-0.2, -0.15) is 0 Å². The first-order valence-electron chi connectivity index (χ1n) is 9.99. The van der Waals surface area contributed by atoms with Crippen LogP contribution in [0.25, 0.3) is 4.85 Å². The van der Waals surface area contributed by atoms with Crippen molar-refractivity contribution < 1.29 is 19.5 Å². The first-order valence-corrected chi connectivity index (χ1v) is 9.99. The van der Waals surface area contributed by atoms with Crippen molar-refractivity contribution in [3.8, 4) is 11.5 Å². The second-order valence-corrected chi connectivity index (χ2v) is 7.66. The molecule has 1 aliphatic carbocycles. The summed E-state index contributed by atoms with van der Waals surface area (Å²) in [6, 6.07) is 5.88. The van der Waals surface area contributed by atoms with Crippen LogP contribution in [0.1, 0.15) is 50.5 Å². The van der Waals surface area contributed by atoms with Crippen LogP contribution < -0.4 is 15.0 Å². The Morgan fingerprint density at radius 2 is 2.04 bits per heavy atom. The van der Waals surface area contributed by atoms with Crippen molar-refractivity contribution in [2.75, 3.05) is 26.7 Å². The van der Waals surface area contributed by atoms with Gasteiger partial charge >= 0.3 is 0 Å². The predicted molar refractivity (Wildman–Crippen MR) is 104 cm³/mol. The van der Waals surface area contributed by atoms with Crippen LogP contribution in [0.4, 0.5) is 0 Å². The topological polar surface area (TPSA) is 75.4 Å². The van der Waals surface area contributed by atoms with Gasteiger partial charge in [0.1, 0.15) is 0 Å². The van der Waals surface area contributed by atoms with Gasteiger partial charge in [0.2, 0.25) is 5.91 Å². The lowest BCUT2D eigenvalue weighted by Gasteiger charge is -2.34. The number of carbonyl (C=O) groups is 1. The minimum atomic E-state index is -0.574. The Kier molecular flexibility index (Phi) is 6.76. The third kappa shape index (κ3) is 4.57. The van der Waals surface area contributed by atoms with E-state index < -0.39 is 5.54 Å². The van der Waals surface area contributed by atoms with Gasteiger partial charge in [0.15, 0.2) is 11.5 Å². The number of amides is 1. The summed E-state index contributed by atoms with van der Waals surface area (Å²) in [5.41, 5.74) is 2.07. The first-order chi connectivity index (χ1) is 13.6. The van der Waals surface area contributed by atoms with Crippen LogP contribution >= 0.6 is 0 Å². The highest BCUT2D eigenvalue weighted by atomic mass is 16.5. The molecule has 0 atom stereocenters. The molecule has 0 bridgehead atoms. The molecule has 152 valence electrons. The predicted octanol–water partition coefficient (Wildman–Crippen LogP) is 3.12. The van der Waals surface area contributed by atoms with Crippen molar-refractivity contribution in [2.24, 2.45) is 0 Å². The van der Waals surface area contributed by atoms with Crippen molar-refractivity contribution in [1.29, 1.82) is 0 Å². The van der Waals surface area contributed by atoms with E-state index in [9.17, 15) is 4.79 Å². The monoisotopic (exact) mass is 387 g/mol. The molecule has 1 saturated carbocycles. The van der Waals surface area contributed by atoms with Gasteiger partial charge in [-0.1, -0.05) is 0 Å². The highest BCUT2D eigenvalue weighted by Gasteiger charge is 2.43. The number of hydrogen-bond donors (Lipinski definition) is 2. The maximum absolute atomic E-state index is 11.2. The zero-order chi connectivity index (χ0) is 20.0. The van der Waals surface area contributed by atoms with Crippen LogP contribution in [0.2, 0.25) is 0 Å². The second-order valence-electron chi connectivity index (χ2n) is 7.66. The Balaban J connectivity index is 1.71. The average Bonchev–Trinajstić information content (AvgIpc) is 3.25. The fraction of sp³-hybridized carbons (Fsp3) is 0.619. The molecule has 1 amide bonds. The van der Waals surface area contributed by atoms with Gasteiger partial charge in [-0.3, -0.25) is 10.0 Å². The molecule has 2 aliphatic rings. The van der Waals surface area contributed by atoms with Crippen LogP contribution in [0.15, 0.2) is 18.2 Å². The van der Waals surface area contributed by atoms with Crippen molar-refractivity contribution in [3.63, 3.8) is 0 Å². The van der Waals surface area contributed by atoms with Crippen LogP contribution in [0.3, 0.4) is 0 Å². The Bertz CT molecular complexity index is 717. The highest BCUT2D eigenvalue weighted by molar-refractivity contribution is 5.74. The van der Waals surface area contributed by atoms with Crippen LogP contribution in [0, 0.1) is 6.57 Å². The molecule has 7 heteroatoms. The van der Waals surface area contributed by atoms with E-state index in [4.69, 9.17) is 21.3 Å². The molecule has 0 unspecified atom stereocenters. The number of piperidine rings is 1. The van der Waals surface area contributed by atoms with E-state index in [0.29, 0.717) is 25.1 Å². The molecule has 1 aromatic carbocycles. The number of methoxy groups -OCH3 is 1. The van der Waals surface area contributed by atoms with Gasteiger partial charge in [0.05, 0.1) is 13.2 Å². The quantitative estimate of drug-likeness (QED) is 0.427. The summed E-state index contributed by atoms with van der Waals surface area (Å²) in [5.74, 6) is 1.06. The molecule has 7 nitrogen and oxygen atoms in total. The average molecular weight is 387 g/mol. The van der Waals surface area contributed by atoms with Crippen molar-refractivity contribution in [2.45, 2.75) is 56.6 Å². The van der Waals surface area contributed by atoms with E-state index in [1.807, 2.05) is 18.2 Å². The number of rotatable bonds is 7. The SMILES string of the molecule is [C-]#[N+]C1(c2ccc(OC)c(OC3CCCC3)c2)CCN(CCC(=O)NO)CC1. The molecule has 0 radical (unpaired) electrons. The number of ether oxygens (including phenoxy) is 2. The summed E-state index contributed by atoms with van der Waals surface area (Å²) in [5, 5.41) is 8.62. The first kappa shape index (κ1) is 20.4. The molecule has 1 heterocycles. The summed E-state index contributed by atoms with van der Waals surface area (Å²) in [6.07, 6.45) is 6.41. The van der Waals surface area contributed by atoms with Gasteiger partial charge in [-0.15, -0.1) is 0 Å². The number of hydroxylamine groups is 1.